The van der Waals surface area contributed by atoms with Gasteiger partial charge in [-0.25, -0.2) is 5.01 Å². The lowest BCUT2D eigenvalue weighted by Gasteiger charge is -2.34. The van der Waals surface area contributed by atoms with Gasteiger partial charge in [-0.1, -0.05) is 19.6 Å². The molecule has 6 heteroatoms. The maximum Gasteiger partial charge on any atom is 0.237 e. The average molecular weight is 347 g/mol. The minimum atomic E-state index is -0.493. The minimum Gasteiger partial charge on any atom is -0.381 e. The Kier molecular flexibility index (Phi) is 5.08. The number of amides is 1. The van der Waals surface area contributed by atoms with Crippen molar-refractivity contribution < 1.29 is 13.9 Å². The second kappa shape index (κ2) is 7.12. The van der Waals surface area contributed by atoms with Crippen LogP contribution in [0.5, 0.6) is 0 Å². The summed E-state index contributed by atoms with van der Waals surface area (Å²) in [4.78, 5) is 15.2. The number of hydrogen-bond acceptors (Lipinski definition) is 4. The summed E-state index contributed by atoms with van der Waals surface area (Å²) in [6.45, 7) is 6.77. The number of ether oxygens (including phenoxy) is 1. The van der Waals surface area contributed by atoms with Crippen LogP contribution in [-0.2, 0) is 9.53 Å². The van der Waals surface area contributed by atoms with Crippen molar-refractivity contribution in [1.29, 1.82) is 0 Å². The Balaban J connectivity index is 1.96. The van der Waals surface area contributed by atoms with Crippen molar-refractivity contribution in [2.75, 3.05) is 20.3 Å². The lowest BCUT2D eigenvalue weighted by atomic mass is 9.73. The van der Waals surface area contributed by atoms with Crippen molar-refractivity contribution in [3.8, 4) is 0 Å². The molecule has 0 aromatic heterocycles. The molecule has 0 atom stereocenters. The smallest absolute Gasteiger partial charge is 0.237 e. The molecule has 2 fully saturated rings. The number of halogens is 1. The first-order valence-corrected chi connectivity index (χ1v) is 8.96. The van der Waals surface area contributed by atoms with Crippen LogP contribution in [-0.4, -0.2) is 48.3 Å². The number of rotatable bonds is 6. The zero-order valence-corrected chi connectivity index (χ0v) is 15.0. The standard InChI is InChI=1S/C19H26FN3O2/c1-4-6-17(20)22(3)21-13-16-15(5-2)19(9-11-25-12-10-19)18(24)23(16)14-7-8-14/h4,6,13-14H,1,5,7-12H2,2-3H3/b17-6-,21-13-. The molecule has 1 spiro atoms. The van der Waals surface area contributed by atoms with Crippen LogP contribution in [0.15, 0.2) is 41.1 Å². The predicted octanol–water partition coefficient (Wildman–Crippen LogP) is 3.37. The summed E-state index contributed by atoms with van der Waals surface area (Å²) in [7, 11) is 1.54. The molecule has 136 valence electrons. The maximum absolute atomic E-state index is 13.8. The molecule has 25 heavy (non-hydrogen) atoms. The van der Waals surface area contributed by atoms with E-state index in [1.807, 2.05) is 4.90 Å². The molecule has 3 aliphatic rings. The van der Waals surface area contributed by atoms with Gasteiger partial charge in [-0.2, -0.15) is 9.49 Å². The predicted molar refractivity (Wildman–Crippen MR) is 95.3 cm³/mol. The Labute approximate surface area is 148 Å². The number of hydrazone groups is 1. The van der Waals surface area contributed by atoms with Gasteiger partial charge in [-0.15, -0.1) is 0 Å². The molecule has 0 aromatic rings. The first-order valence-electron chi connectivity index (χ1n) is 8.96. The van der Waals surface area contributed by atoms with Crippen LogP contribution in [0.3, 0.4) is 0 Å². The highest BCUT2D eigenvalue weighted by molar-refractivity contribution is 5.99. The molecule has 0 radical (unpaired) electrons. The molecule has 2 heterocycles. The maximum atomic E-state index is 13.8. The zero-order valence-electron chi connectivity index (χ0n) is 15.0. The summed E-state index contributed by atoms with van der Waals surface area (Å²) in [5.74, 6) is -0.311. The van der Waals surface area contributed by atoms with Gasteiger partial charge in [0.2, 0.25) is 11.9 Å². The van der Waals surface area contributed by atoms with Crippen molar-refractivity contribution in [1.82, 2.24) is 9.91 Å². The van der Waals surface area contributed by atoms with Gasteiger partial charge in [-0.05, 0) is 43.8 Å². The highest BCUT2D eigenvalue weighted by Gasteiger charge is 2.54. The molecule has 2 aliphatic heterocycles. The van der Waals surface area contributed by atoms with E-state index in [0.717, 1.165) is 48.4 Å². The summed E-state index contributed by atoms with van der Waals surface area (Å²) in [5.41, 5.74) is 1.53. The number of carbonyl (C=O) groups is 1. The second-order valence-corrected chi connectivity index (χ2v) is 6.81. The molecular formula is C19H26FN3O2. The molecule has 0 bridgehead atoms. The normalized spacial score (nSPS) is 23.9. The Morgan fingerprint density at radius 3 is 2.72 bits per heavy atom. The molecule has 1 saturated carbocycles. The SMILES string of the molecule is C=C/C=C(/F)N(C)/N=C\C1=C(CC)C2(CCOCC2)C(=O)N1C1CC1. The Morgan fingerprint density at radius 1 is 1.48 bits per heavy atom. The fourth-order valence-corrected chi connectivity index (χ4v) is 3.85. The van der Waals surface area contributed by atoms with Gasteiger partial charge in [0, 0.05) is 26.3 Å². The molecule has 1 saturated heterocycles. The summed E-state index contributed by atoms with van der Waals surface area (Å²) in [5, 5.41) is 5.39. The van der Waals surface area contributed by atoms with Crippen LogP contribution in [0, 0.1) is 5.41 Å². The highest BCUT2D eigenvalue weighted by atomic mass is 19.1. The van der Waals surface area contributed by atoms with Crippen molar-refractivity contribution in [2.45, 2.75) is 45.1 Å². The van der Waals surface area contributed by atoms with E-state index >= 15 is 0 Å². The molecule has 0 N–H and O–H groups in total. The third-order valence-electron chi connectivity index (χ3n) is 5.30. The van der Waals surface area contributed by atoms with Crippen molar-refractivity contribution in [3.05, 3.63) is 36.0 Å². The van der Waals surface area contributed by atoms with Gasteiger partial charge >= 0.3 is 0 Å². The number of carbonyl (C=O) groups excluding carboxylic acids is 1. The van der Waals surface area contributed by atoms with Gasteiger partial charge in [0.1, 0.15) is 0 Å². The van der Waals surface area contributed by atoms with E-state index in [-0.39, 0.29) is 11.9 Å². The Bertz CT molecular complexity index is 643. The fourth-order valence-electron chi connectivity index (χ4n) is 3.85. The number of allylic oxidation sites excluding steroid dienone is 3. The van der Waals surface area contributed by atoms with Gasteiger partial charge < -0.3 is 9.64 Å². The van der Waals surface area contributed by atoms with Crippen LogP contribution in [0.2, 0.25) is 0 Å². The van der Waals surface area contributed by atoms with E-state index in [4.69, 9.17) is 4.74 Å². The van der Waals surface area contributed by atoms with Crippen molar-refractivity contribution >= 4 is 12.1 Å². The van der Waals surface area contributed by atoms with Gasteiger partial charge in [0.15, 0.2) is 0 Å². The molecule has 0 aromatic carbocycles. The first-order chi connectivity index (χ1) is 12.0. The third kappa shape index (κ3) is 3.15. The molecule has 1 aliphatic carbocycles. The average Bonchev–Trinajstić information content (AvgIpc) is 3.42. The summed E-state index contributed by atoms with van der Waals surface area (Å²) >= 11 is 0. The van der Waals surface area contributed by atoms with Crippen LogP contribution in [0.25, 0.3) is 0 Å². The third-order valence-corrected chi connectivity index (χ3v) is 5.30. The second-order valence-electron chi connectivity index (χ2n) is 6.81. The quantitative estimate of drug-likeness (QED) is 0.320. The van der Waals surface area contributed by atoms with E-state index in [2.05, 4.69) is 18.6 Å². The van der Waals surface area contributed by atoms with Gasteiger partial charge in [-0.3, -0.25) is 4.79 Å². The van der Waals surface area contributed by atoms with Crippen LogP contribution >= 0.6 is 0 Å². The van der Waals surface area contributed by atoms with Crippen LogP contribution in [0.1, 0.15) is 39.0 Å². The monoisotopic (exact) mass is 347 g/mol. The van der Waals surface area contributed by atoms with E-state index in [1.165, 1.54) is 12.2 Å². The van der Waals surface area contributed by atoms with Gasteiger partial charge in [0.05, 0.1) is 17.3 Å². The molecule has 5 nitrogen and oxygen atoms in total. The Hall–Kier alpha value is -1.95. The largest absolute Gasteiger partial charge is 0.381 e. The highest BCUT2D eigenvalue weighted by Crippen LogP contribution is 2.51. The van der Waals surface area contributed by atoms with Crippen LogP contribution < -0.4 is 0 Å². The van der Waals surface area contributed by atoms with Crippen molar-refractivity contribution in [2.24, 2.45) is 10.5 Å². The number of nitrogens with zero attached hydrogens (tertiary/aromatic N) is 3. The lowest BCUT2D eigenvalue weighted by molar-refractivity contribution is -0.140. The topological polar surface area (TPSA) is 45.1 Å². The van der Waals surface area contributed by atoms with E-state index in [0.29, 0.717) is 13.2 Å². The fraction of sp³-hybridized carbons (Fsp3) is 0.579. The Morgan fingerprint density at radius 2 is 2.16 bits per heavy atom. The molecular weight excluding hydrogens is 321 g/mol. The molecule has 3 rings (SSSR count). The van der Waals surface area contributed by atoms with Crippen LogP contribution in [0.4, 0.5) is 4.39 Å². The summed E-state index contributed by atoms with van der Waals surface area (Å²) in [6, 6.07) is 0.261. The minimum absolute atomic E-state index is 0.182. The van der Waals surface area contributed by atoms with Crippen molar-refractivity contribution in [3.63, 3.8) is 0 Å². The number of hydrogen-bond donors (Lipinski definition) is 0. The van der Waals surface area contributed by atoms with E-state index in [9.17, 15) is 9.18 Å². The first kappa shape index (κ1) is 17.9. The molecule has 1 amide bonds. The zero-order chi connectivity index (χ0) is 18.0. The lowest BCUT2D eigenvalue weighted by Crippen LogP contribution is -2.42. The molecule has 0 unspecified atom stereocenters. The van der Waals surface area contributed by atoms with E-state index in [1.54, 1.807) is 13.3 Å². The van der Waals surface area contributed by atoms with E-state index < -0.39 is 11.4 Å². The summed E-state index contributed by atoms with van der Waals surface area (Å²) in [6.07, 6.45) is 8.54. The summed E-state index contributed by atoms with van der Waals surface area (Å²) < 4.78 is 19.3. The van der Waals surface area contributed by atoms with Gasteiger partial charge in [0.25, 0.3) is 0 Å².